The van der Waals surface area contributed by atoms with Crippen LogP contribution in [-0.4, -0.2) is 23.3 Å². The first-order valence-electron chi connectivity index (χ1n) is 9.03. The SMILES string of the molecule is CC1(C)OB(c2ccccc2Nc2cnc3c(F)cccc3c2)OC1(C)C. The number of aromatic nitrogens is 1. The number of anilines is 2. The van der Waals surface area contributed by atoms with Crippen molar-refractivity contribution in [3.05, 3.63) is 60.5 Å². The number of benzene rings is 2. The molecule has 4 nitrogen and oxygen atoms in total. The fourth-order valence-corrected chi connectivity index (χ4v) is 3.13. The van der Waals surface area contributed by atoms with Gasteiger partial charge in [-0.05, 0) is 45.9 Å². The van der Waals surface area contributed by atoms with E-state index in [2.05, 4.69) is 10.3 Å². The summed E-state index contributed by atoms with van der Waals surface area (Å²) in [6, 6.07) is 14.7. The van der Waals surface area contributed by atoms with Crippen molar-refractivity contribution in [2.24, 2.45) is 0 Å². The van der Waals surface area contributed by atoms with Crippen LogP contribution in [0.1, 0.15) is 27.7 Å². The summed E-state index contributed by atoms with van der Waals surface area (Å²) in [4.78, 5) is 4.25. The largest absolute Gasteiger partial charge is 0.496 e. The van der Waals surface area contributed by atoms with Crippen LogP contribution >= 0.6 is 0 Å². The Morgan fingerprint density at radius 3 is 2.41 bits per heavy atom. The molecule has 138 valence electrons. The molecule has 3 aromatic rings. The topological polar surface area (TPSA) is 43.4 Å². The third-order valence-corrected chi connectivity index (χ3v) is 5.41. The van der Waals surface area contributed by atoms with Crippen molar-refractivity contribution in [2.45, 2.75) is 38.9 Å². The molecule has 0 saturated carbocycles. The van der Waals surface area contributed by atoms with Crippen LogP contribution in [0, 0.1) is 5.82 Å². The van der Waals surface area contributed by atoms with E-state index < -0.39 is 18.3 Å². The van der Waals surface area contributed by atoms with Crippen molar-refractivity contribution >= 4 is 34.9 Å². The number of halogens is 1. The average molecular weight is 364 g/mol. The molecular formula is C21H22BFN2O2. The Morgan fingerprint density at radius 2 is 1.67 bits per heavy atom. The quantitative estimate of drug-likeness (QED) is 0.699. The number of rotatable bonds is 3. The van der Waals surface area contributed by atoms with E-state index in [-0.39, 0.29) is 5.82 Å². The van der Waals surface area contributed by atoms with E-state index in [4.69, 9.17) is 9.31 Å². The van der Waals surface area contributed by atoms with E-state index in [0.29, 0.717) is 5.52 Å². The number of hydrogen-bond donors (Lipinski definition) is 1. The molecule has 27 heavy (non-hydrogen) atoms. The van der Waals surface area contributed by atoms with Crippen molar-refractivity contribution in [1.29, 1.82) is 0 Å². The summed E-state index contributed by atoms with van der Waals surface area (Å²) < 4.78 is 26.2. The number of fused-ring (bicyclic) bond motifs is 1. The van der Waals surface area contributed by atoms with E-state index in [1.807, 2.05) is 64.1 Å². The molecule has 6 heteroatoms. The Labute approximate surface area is 158 Å². The zero-order chi connectivity index (χ0) is 19.2. The molecular weight excluding hydrogens is 342 g/mol. The van der Waals surface area contributed by atoms with Gasteiger partial charge in [0.15, 0.2) is 0 Å². The number of para-hydroxylation sites is 2. The minimum Gasteiger partial charge on any atom is -0.399 e. The van der Waals surface area contributed by atoms with Gasteiger partial charge in [-0.1, -0.05) is 30.3 Å². The van der Waals surface area contributed by atoms with Crippen molar-refractivity contribution in [3.63, 3.8) is 0 Å². The highest BCUT2D eigenvalue weighted by atomic mass is 19.1. The minimum atomic E-state index is -0.468. The van der Waals surface area contributed by atoms with Gasteiger partial charge in [-0.25, -0.2) is 4.39 Å². The van der Waals surface area contributed by atoms with Crippen LogP contribution in [0.3, 0.4) is 0 Å². The van der Waals surface area contributed by atoms with Crippen LogP contribution in [0.4, 0.5) is 15.8 Å². The van der Waals surface area contributed by atoms with Gasteiger partial charge in [-0.15, -0.1) is 0 Å². The summed E-state index contributed by atoms with van der Waals surface area (Å²) >= 11 is 0. The minimum absolute atomic E-state index is 0.323. The van der Waals surface area contributed by atoms with E-state index in [9.17, 15) is 4.39 Å². The Hall–Kier alpha value is -2.44. The summed E-state index contributed by atoms with van der Waals surface area (Å²) in [6.45, 7) is 8.13. The molecule has 0 amide bonds. The van der Waals surface area contributed by atoms with Crippen LogP contribution < -0.4 is 10.8 Å². The lowest BCUT2D eigenvalue weighted by Crippen LogP contribution is -2.41. The fraction of sp³-hybridized carbons (Fsp3) is 0.286. The molecule has 2 aromatic carbocycles. The fourth-order valence-electron chi connectivity index (χ4n) is 3.13. The summed E-state index contributed by atoms with van der Waals surface area (Å²) in [6.07, 6.45) is 1.63. The lowest BCUT2D eigenvalue weighted by atomic mass is 9.78. The predicted molar refractivity (Wildman–Crippen MR) is 107 cm³/mol. The maximum Gasteiger partial charge on any atom is 0.496 e. The van der Waals surface area contributed by atoms with Crippen molar-refractivity contribution in [3.8, 4) is 0 Å². The molecule has 1 N–H and O–H groups in total. The normalized spacial score (nSPS) is 18.0. The number of hydrogen-bond acceptors (Lipinski definition) is 4. The molecule has 1 aromatic heterocycles. The summed E-state index contributed by atoms with van der Waals surface area (Å²) in [7, 11) is -0.468. The lowest BCUT2D eigenvalue weighted by Gasteiger charge is -2.32. The third kappa shape index (κ3) is 3.20. The second kappa shape index (κ2) is 6.32. The van der Waals surface area contributed by atoms with Crippen LogP contribution in [-0.2, 0) is 9.31 Å². The molecule has 4 rings (SSSR count). The highest BCUT2D eigenvalue weighted by molar-refractivity contribution is 6.64. The molecule has 1 saturated heterocycles. The summed E-state index contributed by atoms with van der Waals surface area (Å²) in [5, 5.41) is 4.11. The van der Waals surface area contributed by atoms with Crippen molar-refractivity contribution in [1.82, 2.24) is 4.98 Å². The van der Waals surface area contributed by atoms with E-state index in [1.54, 1.807) is 12.3 Å². The van der Waals surface area contributed by atoms with E-state index in [1.165, 1.54) is 6.07 Å². The Morgan fingerprint density at radius 1 is 0.963 bits per heavy atom. The zero-order valence-corrected chi connectivity index (χ0v) is 15.9. The van der Waals surface area contributed by atoms with Gasteiger partial charge in [-0.2, -0.15) is 0 Å². The van der Waals surface area contributed by atoms with E-state index in [0.717, 1.165) is 22.2 Å². The molecule has 2 heterocycles. The predicted octanol–water partition coefficient (Wildman–Crippen LogP) is 4.42. The van der Waals surface area contributed by atoms with Gasteiger partial charge in [0.2, 0.25) is 0 Å². The highest BCUT2D eigenvalue weighted by Crippen LogP contribution is 2.37. The zero-order valence-electron chi connectivity index (χ0n) is 15.9. The van der Waals surface area contributed by atoms with Crippen LogP contribution in [0.15, 0.2) is 54.7 Å². The van der Waals surface area contributed by atoms with Crippen LogP contribution in [0.5, 0.6) is 0 Å². The molecule has 0 bridgehead atoms. The smallest absolute Gasteiger partial charge is 0.399 e. The second-order valence-corrected chi connectivity index (χ2v) is 7.84. The number of nitrogens with zero attached hydrogens (tertiary/aromatic N) is 1. The van der Waals surface area contributed by atoms with Crippen LogP contribution in [0.2, 0.25) is 0 Å². The van der Waals surface area contributed by atoms with Gasteiger partial charge in [-0.3, -0.25) is 4.98 Å². The first kappa shape index (κ1) is 18.0. The number of nitrogens with one attached hydrogen (secondary N) is 1. The Balaban J connectivity index is 1.67. The lowest BCUT2D eigenvalue weighted by molar-refractivity contribution is 0.00578. The van der Waals surface area contributed by atoms with Gasteiger partial charge in [0.25, 0.3) is 0 Å². The Bertz CT molecular complexity index is 990. The molecule has 0 radical (unpaired) electrons. The van der Waals surface area contributed by atoms with Gasteiger partial charge in [0, 0.05) is 16.5 Å². The molecule has 0 atom stereocenters. The molecule has 0 spiro atoms. The van der Waals surface area contributed by atoms with Gasteiger partial charge in [0.1, 0.15) is 11.3 Å². The van der Waals surface area contributed by atoms with Crippen LogP contribution in [0.25, 0.3) is 10.9 Å². The average Bonchev–Trinajstić information content (AvgIpc) is 2.83. The van der Waals surface area contributed by atoms with Crippen molar-refractivity contribution in [2.75, 3.05) is 5.32 Å². The van der Waals surface area contributed by atoms with Gasteiger partial charge in [0.05, 0.1) is 23.1 Å². The molecule has 1 fully saturated rings. The van der Waals surface area contributed by atoms with E-state index >= 15 is 0 Å². The molecule has 0 aliphatic carbocycles. The van der Waals surface area contributed by atoms with Crippen molar-refractivity contribution < 1.29 is 13.7 Å². The first-order valence-corrected chi connectivity index (χ1v) is 9.03. The molecule has 1 aliphatic heterocycles. The molecule has 1 aliphatic rings. The number of pyridine rings is 1. The first-order chi connectivity index (χ1) is 12.8. The third-order valence-electron chi connectivity index (χ3n) is 5.41. The molecule has 0 unspecified atom stereocenters. The second-order valence-electron chi connectivity index (χ2n) is 7.84. The van der Waals surface area contributed by atoms with Gasteiger partial charge >= 0.3 is 7.12 Å². The highest BCUT2D eigenvalue weighted by Gasteiger charge is 2.52. The summed E-state index contributed by atoms with van der Waals surface area (Å²) in [5.74, 6) is -0.323. The maximum atomic E-state index is 13.8. The summed E-state index contributed by atoms with van der Waals surface area (Å²) in [5.41, 5.74) is 2.10. The van der Waals surface area contributed by atoms with Gasteiger partial charge < -0.3 is 14.6 Å². The maximum absolute atomic E-state index is 13.8. The Kier molecular flexibility index (Phi) is 4.20. The monoisotopic (exact) mass is 364 g/mol. The standard InChI is InChI=1S/C21H22BFN2O2/c1-20(2)21(3,4)27-22(26-20)16-9-5-6-11-18(16)25-15-12-14-8-7-10-17(23)19(14)24-13-15/h5-13,25H,1-4H3.